The van der Waals surface area contributed by atoms with Gasteiger partial charge in [0.15, 0.2) is 0 Å². The van der Waals surface area contributed by atoms with Crippen molar-refractivity contribution in [2.75, 3.05) is 37.6 Å². The second-order valence-corrected chi connectivity index (χ2v) is 11.2. The summed E-state index contributed by atoms with van der Waals surface area (Å²) in [5.74, 6) is 0.249. The third kappa shape index (κ3) is 5.42. The lowest BCUT2D eigenvalue weighted by atomic mass is 9.72. The van der Waals surface area contributed by atoms with Gasteiger partial charge in [-0.15, -0.1) is 11.3 Å². The fourth-order valence-electron chi connectivity index (χ4n) is 5.33. The summed E-state index contributed by atoms with van der Waals surface area (Å²) in [5.41, 5.74) is 8.85. The monoisotopic (exact) mass is 530 g/mol. The number of aryl methyl sites for hydroxylation is 1. The lowest BCUT2D eigenvalue weighted by Crippen LogP contribution is -2.60. The molecule has 0 aromatic carbocycles. The van der Waals surface area contributed by atoms with Gasteiger partial charge in [0, 0.05) is 35.6 Å². The zero-order chi connectivity index (χ0) is 26.4. The molecule has 0 aliphatic carbocycles. The molecular weight excluding hydrogens is 501 g/mol. The van der Waals surface area contributed by atoms with Gasteiger partial charge < -0.3 is 15.6 Å². The number of likely N-dealkylation sites (tertiary alicyclic amines) is 1. The van der Waals surface area contributed by atoms with Crippen molar-refractivity contribution < 1.29 is 18.0 Å². The number of carbonyl (C=O) groups excluding carboxylic acids is 1. The summed E-state index contributed by atoms with van der Waals surface area (Å²) < 4.78 is 38.6. The summed E-state index contributed by atoms with van der Waals surface area (Å²) in [6.45, 7) is 10.2. The smallest absolute Gasteiger partial charge is 0.364 e. The number of aromatic nitrogens is 3. The molecule has 0 saturated carbocycles. The van der Waals surface area contributed by atoms with Gasteiger partial charge in [-0.25, -0.2) is 9.97 Å². The first-order valence-corrected chi connectivity index (χ1v) is 13.0. The predicted octanol–water partition coefficient (Wildman–Crippen LogP) is 4.70. The van der Waals surface area contributed by atoms with Crippen LogP contribution in [-0.4, -0.2) is 64.7 Å². The number of carbonyl (C=O) groups is 1. The second kappa shape index (κ2) is 9.60. The molecular formula is C26H29F3N6OS. The predicted molar refractivity (Wildman–Crippen MR) is 140 cm³/mol. The highest BCUT2D eigenvalue weighted by Crippen LogP contribution is 2.44. The van der Waals surface area contributed by atoms with Gasteiger partial charge in [0.2, 0.25) is 0 Å². The van der Waals surface area contributed by atoms with E-state index in [-0.39, 0.29) is 10.3 Å². The number of primary amides is 1. The van der Waals surface area contributed by atoms with Crippen LogP contribution in [0.25, 0.3) is 16.3 Å². The van der Waals surface area contributed by atoms with Crippen LogP contribution in [0.2, 0.25) is 0 Å². The molecule has 196 valence electrons. The number of aromatic amines is 1. The summed E-state index contributed by atoms with van der Waals surface area (Å²) in [5, 5.41) is 0.708. The summed E-state index contributed by atoms with van der Waals surface area (Å²) in [6.07, 6.45) is 2.23. The van der Waals surface area contributed by atoms with E-state index in [0.717, 1.165) is 79.6 Å². The topological polar surface area (TPSA) is 91.1 Å². The Bertz CT molecular complexity index is 1360. The van der Waals surface area contributed by atoms with Crippen LogP contribution in [0, 0.1) is 12.3 Å². The quantitative estimate of drug-likeness (QED) is 0.432. The maximum Gasteiger partial charge on any atom is 0.393 e. The van der Waals surface area contributed by atoms with Gasteiger partial charge in [-0.2, -0.15) is 13.2 Å². The van der Waals surface area contributed by atoms with Crippen molar-refractivity contribution in [1.29, 1.82) is 0 Å². The average molecular weight is 531 g/mol. The summed E-state index contributed by atoms with van der Waals surface area (Å²) in [4.78, 5) is 28.5. The number of amides is 1. The molecule has 2 fully saturated rings. The molecule has 3 aromatic heterocycles. The van der Waals surface area contributed by atoms with E-state index in [1.165, 1.54) is 6.33 Å². The van der Waals surface area contributed by atoms with Gasteiger partial charge in [-0.1, -0.05) is 12.7 Å². The van der Waals surface area contributed by atoms with E-state index in [0.29, 0.717) is 15.9 Å². The molecule has 11 heteroatoms. The maximum absolute atomic E-state index is 12.9. The minimum Gasteiger partial charge on any atom is -0.364 e. The number of fused-ring (bicyclic) bond motifs is 1. The molecule has 5 rings (SSSR count). The molecule has 5 heterocycles. The van der Waals surface area contributed by atoms with Crippen molar-refractivity contribution >= 4 is 39.4 Å². The van der Waals surface area contributed by atoms with Crippen molar-refractivity contribution in [3.63, 3.8) is 0 Å². The number of thiophene rings is 1. The van der Waals surface area contributed by atoms with Crippen LogP contribution in [0.3, 0.4) is 0 Å². The highest BCUT2D eigenvalue weighted by atomic mass is 32.1. The van der Waals surface area contributed by atoms with E-state index in [9.17, 15) is 18.0 Å². The van der Waals surface area contributed by atoms with Gasteiger partial charge in [0.25, 0.3) is 5.91 Å². The number of nitrogens with one attached hydrogen (secondary N) is 1. The maximum atomic E-state index is 12.9. The number of piperidine rings is 1. The molecule has 0 unspecified atom stereocenters. The molecule has 2 saturated heterocycles. The molecule has 2 aliphatic rings. The number of hydrogen-bond acceptors (Lipinski definition) is 6. The molecule has 7 nitrogen and oxygen atoms in total. The fraction of sp³-hybridized carbons (Fsp3) is 0.423. The molecule has 3 N–H and O–H groups in total. The SMILES string of the molecule is C=C/C(=C\c1cc(C(N)=O)[nH]c1C)CN1CCC2(CC1)CN(c1ncnc3sc(CC(F)(F)F)cc13)C2. The fourth-order valence-corrected chi connectivity index (χ4v) is 6.35. The Balaban J connectivity index is 1.20. The van der Waals surface area contributed by atoms with Crippen LogP contribution in [-0.2, 0) is 6.42 Å². The zero-order valence-corrected chi connectivity index (χ0v) is 21.4. The van der Waals surface area contributed by atoms with E-state index < -0.39 is 18.5 Å². The first-order chi connectivity index (χ1) is 17.5. The average Bonchev–Trinajstić information content (AvgIpc) is 3.39. The van der Waals surface area contributed by atoms with E-state index in [2.05, 4.69) is 31.3 Å². The Kier molecular flexibility index (Phi) is 6.61. The molecule has 0 atom stereocenters. The number of H-pyrrole nitrogens is 1. The van der Waals surface area contributed by atoms with Gasteiger partial charge in [-0.3, -0.25) is 9.69 Å². The number of nitrogens with zero attached hydrogens (tertiary/aromatic N) is 4. The van der Waals surface area contributed by atoms with Crippen LogP contribution in [0.4, 0.5) is 19.0 Å². The Labute approximate surface area is 216 Å². The van der Waals surface area contributed by atoms with Crippen LogP contribution >= 0.6 is 11.3 Å². The van der Waals surface area contributed by atoms with Gasteiger partial charge in [0.05, 0.1) is 11.8 Å². The van der Waals surface area contributed by atoms with E-state index >= 15 is 0 Å². The summed E-state index contributed by atoms with van der Waals surface area (Å²) in [7, 11) is 0. The highest BCUT2D eigenvalue weighted by Gasteiger charge is 2.45. The van der Waals surface area contributed by atoms with Gasteiger partial charge in [-0.05, 0) is 62.2 Å². The van der Waals surface area contributed by atoms with Crippen LogP contribution in [0.5, 0.6) is 0 Å². The molecule has 0 bridgehead atoms. The molecule has 3 aromatic rings. The lowest BCUT2D eigenvalue weighted by molar-refractivity contribution is -0.126. The molecule has 2 aliphatic heterocycles. The second-order valence-electron chi connectivity index (χ2n) is 10.1. The molecule has 0 radical (unpaired) electrons. The third-order valence-electron chi connectivity index (χ3n) is 7.33. The van der Waals surface area contributed by atoms with Crippen molar-refractivity contribution in [1.82, 2.24) is 19.9 Å². The number of hydrogen-bond donors (Lipinski definition) is 2. The van der Waals surface area contributed by atoms with Crippen molar-refractivity contribution in [2.45, 2.75) is 32.4 Å². The number of halogens is 3. The zero-order valence-electron chi connectivity index (χ0n) is 20.6. The van der Waals surface area contributed by atoms with Gasteiger partial charge in [0.1, 0.15) is 22.7 Å². The van der Waals surface area contributed by atoms with Crippen LogP contribution in [0.1, 0.15) is 39.5 Å². The number of anilines is 1. The van der Waals surface area contributed by atoms with Crippen LogP contribution < -0.4 is 10.6 Å². The lowest BCUT2D eigenvalue weighted by Gasteiger charge is -2.54. The third-order valence-corrected chi connectivity index (χ3v) is 8.38. The highest BCUT2D eigenvalue weighted by molar-refractivity contribution is 7.18. The number of nitrogens with two attached hydrogens (primary N) is 1. The van der Waals surface area contributed by atoms with E-state index in [1.807, 2.05) is 19.1 Å². The van der Waals surface area contributed by atoms with E-state index in [4.69, 9.17) is 5.73 Å². The first-order valence-electron chi connectivity index (χ1n) is 12.1. The largest absolute Gasteiger partial charge is 0.393 e. The van der Waals surface area contributed by atoms with Crippen molar-refractivity contribution in [3.8, 4) is 0 Å². The van der Waals surface area contributed by atoms with E-state index in [1.54, 1.807) is 12.1 Å². The number of rotatable bonds is 7. The minimum absolute atomic E-state index is 0.199. The Morgan fingerprint density at radius 3 is 2.62 bits per heavy atom. The summed E-state index contributed by atoms with van der Waals surface area (Å²) in [6, 6.07) is 3.36. The summed E-state index contributed by atoms with van der Waals surface area (Å²) >= 11 is 1.09. The normalized spacial score (nSPS) is 18.4. The number of alkyl halides is 3. The first kappa shape index (κ1) is 25.5. The minimum atomic E-state index is -4.24. The molecule has 1 spiro atoms. The van der Waals surface area contributed by atoms with Crippen molar-refractivity contribution in [3.05, 3.63) is 58.5 Å². The Hall–Kier alpha value is -3.18. The standard InChI is InChI=1S/C26H29F3N6OS/c1-3-17(8-18-9-21(22(30)36)33-16(18)2)12-34-6-4-25(5-7-34)13-35(14-25)23-20-10-19(11-26(27,28)29)37-24(20)32-15-31-23/h3,8-10,15,33H,1,4-7,11-14H2,2H3,(H2,30,36)/b17-8+. The van der Waals surface area contributed by atoms with Gasteiger partial charge >= 0.3 is 6.18 Å². The Morgan fingerprint density at radius 2 is 2.00 bits per heavy atom. The van der Waals surface area contributed by atoms with Crippen molar-refractivity contribution in [2.24, 2.45) is 11.1 Å². The molecule has 1 amide bonds. The Morgan fingerprint density at radius 1 is 1.27 bits per heavy atom. The van der Waals surface area contributed by atoms with Crippen LogP contribution in [0.15, 0.2) is 36.7 Å². The molecule has 37 heavy (non-hydrogen) atoms.